The van der Waals surface area contributed by atoms with Gasteiger partial charge in [0.05, 0.1) is 0 Å². The van der Waals surface area contributed by atoms with Gasteiger partial charge in [0.2, 0.25) is 0 Å². The molecule has 1 aromatic rings. The van der Waals surface area contributed by atoms with Crippen LogP contribution >= 0.6 is 0 Å². The van der Waals surface area contributed by atoms with E-state index in [1.165, 1.54) is 16.7 Å². The highest BCUT2D eigenvalue weighted by atomic mass is 16.3. The highest BCUT2D eigenvalue weighted by molar-refractivity contribution is 5.34. The van der Waals surface area contributed by atoms with E-state index in [1.807, 2.05) is 0 Å². The number of hydrogen-bond acceptors (Lipinski definition) is 2. The first-order valence-electron chi connectivity index (χ1n) is 6.11. The molecule has 0 aliphatic carbocycles. The maximum Gasteiger partial charge on any atom is 0.0466 e. The second-order valence-electron chi connectivity index (χ2n) is 4.90. The Balaban J connectivity index is 2.27. The fourth-order valence-corrected chi connectivity index (χ4v) is 2.74. The topological polar surface area (TPSA) is 32.3 Å². The standard InChI is InChI=1S/C14H21NO/c1-10-3-4-13(11(2)7-10)14-8-15-6-5-12(14)9-16/h3-4,7,12,14-16H,5-6,8-9H2,1-2H3. The van der Waals surface area contributed by atoms with Crippen LogP contribution in [0.25, 0.3) is 0 Å². The van der Waals surface area contributed by atoms with E-state index < -0.39 is 0 Å². The van der Waals surface area contributed by atoms with Crippen LogP contribution in [0, 0.1) is 19.8 Å². The zero-order chi connectivity index (χ0) is 11.5. The van der Waals surface area contributed by atoms with Crippen LogP contribution in [0.3, 0.4) is 0 Å². The SMILES string of the molecule is Cc1ccc(C2CNCCC2CO)c(C)c1. The van der Waals surface area contributed by atoms with Crippen molar-refractivity contribution in [1.82, 2.24) is 5.32 Å². The van der Waals surface area contributed by atoms with Crippen molar-refractivity contribution in [2.75, 3.05) is 19.7 Å². The van der Waals surface area contributed by atoms with E-state index in [1.54, 1.807) is 0 Å². The van der Waals surface area contributed by atoms with E-state index in [9.17, 15) is 5.11 Å². The molecule has 1 aliphatic rings. The van der Waals surface area contributed by atoms with Crippen LogP contribution in [0.5, 0.6) is 0 Å². The molecule has 0 spiro atoms. The first-order chi connectivity index (χ1) is 7.72. The van der Waals surface area contributed by atoms with Gasteiger partial charge in [-0.2, -0.15) is 0 Å². The van der Waals surface area contributed by atoms with Crippen molar-refractivity contribution in [3.05, 3.63) is 34.9 Å². The second-order valence-corrected chi connectivity index (χ2v) is 4.90. The number of piperidine rings is 1. The van der Waals surface area contributed by atoms with Gasteiger partial charge in [0.1, 0.15) is 0 Å². The van der Waals surface area contributed by atoms with Crippen LogP contribution in [0.2, 0.25) is 0 Å². The van der Waals surface area contributed by atoms with Crippen molar-refractivity contribution in [2.24, 2.45) is 5.92 Å². The van der Waals surface area contributed by atoms with Gasteiger partial charge < -0.3 is 10.4 Å². The Morgan fingerprint density at radius 3 is 2.88 bits per heavy atom. The molecule has 2 heteroatoms. The Morgan fingerprint density at radius 2 is 2.19 bits per heavy atom. The number of aliphatic hydroxyl groups excluding tert-OH is 1. The van der Waals surface area contributed by atoms with Crippen molar-refractivity contribution in [3.63, 3.8) is 0 Å². The Labute approximate surface area is 97.7 Å². The maximum atomic E-state index is 9.44. The molecule has 2 nitrogen and oxygen atoms in total. The summed E-state index contributed by atoms with van der Waals surface area (Å²) in [6.45, 7) is 6.63. The van der Waals surface area contributed by atoms with Gasteiger partial charge in [-0.15, -0.1) is 0 Å². The molecule has 0 aromatic heterocycles. The number of hydrogen-bond donors (Lipinski definition) is 2. The number of benzene rings is 1. The average molecular weight is 219 g/mol. The van der Waals surface area contributed by atoms with Crippen LogP contribution < -0.4 is 5.32 Å². The van der Waals surface area contributed by atoms with Gasteiger partial charge in [-0.3, -0.25) is 0 Å². The van der Waals surface area contributed by atoms with Crippen molar-refractivity contribution in [2.45, 2.75) is 26.2 Å². The molecule has 2 atom stereocenters. The first-order valence-corrected chi connectivity index (χ1v) is 6.11. The zero-order valence-corrected chi connectivity index (χ0v) is 10.2. The molecule has 88 valence electrons. The highest BCUT2D eigenvalue weighted by Crippen LogP contribution is 2.31. The van der Waals surface area contributed by atoms with Crippen molar-refractivity contribution in [1.29, 1.82) is 0 Å². The van der Waals surface area contributed by atoms with Crippen LogP contribution in [-0.4, -0.2) is 24.8 Å². The lowest BCUT2D eigenvalue weighted by Crippen LogP contribution is -2.37. The Bertz CT molecular complexity index is 362. The van der Waals surface area contributed by atoms with E-state index >= 15 is 0 Å². The van der Waals surface area contributed by atoms with Gasteiger partial charge in [0.15, 0.2) is 0 Å². The normalized spacial score (nSPS) is 25.7. The Morgan fingerprint density at radius 1 is 1.38 bits per heavy atom. The average Bonchev–Trinajstić information content (AvgIpc) is 2.29. The van der Waals surface area contributed by atoms with E-state index in [0.717, 1.165) is 19.5 Å². The minimum Gasteiger partial charge on any atom is -0.396 e. The molecule has 1 aliphatic heterocycles. The molecule has 0 amide bonds. The van der Waals surface area contributed by atoms with E-state index in [4.69, 9.17) is 0 Å². The lowest BCUT2D eigenvalue weighted by atomic mass is 9.80. The zero-order valence-electron chi connectivity index (χ0n) is 10.2. The molecule has 0 saturated carbocycles. The van der Waals surface area contributed by atoms with E-state index in [2.05, 4.69) is 37.4 Å². The molecule has 1 heterocycles. The fourth-order valence-electron chi connectivity index (χ4n) is 2.74. The summed E-state index contributed by atoms with van der Waals surface area (Å²) in [5.74, 6) is 0.891. The number of aliphatic hydroxyl groups is 1. The molecule has 1 saturated heterocycles. The monoisotopic (exact) mass is 219 g/mol. The summed E-state index contributed by atoms with van der Waals surface area (Å²) >= 11 is 0. The summed E-state index contributed by atoms with van der Waals surface area (Å²) in [6, 6.07) is 6.63. The van der Waals surface area contributed by atoms with Crippen LogP contribution in [-0.2, 0) is 0 Å². The van der Waals surface area contributed by atoms with E-state index in [-0.39, 0.29) is 0 Å². The molecule has 1 aromatic carbocycles. The number of rotatable bonds is 2. The highest BCUT2D eigenvalue weighted by Gasteiger charge is 2.26. The minimum absolute atomic E-state index is 0.305. The van der Waals surface area contributed by atoms with Gasteiger partial charge in [0.25, 0.3) is 0 Å². The third-order valence-electron chi connectivity index (χ3n) is 3.68. The fraction of sp³-hybridized carbons (Fsp3) is 0.571. The summed E-state index contributed by atoms with van der Waals surface area (Å²) in [7, 11) is 0. The van der Waals surface area contributed by atoms with Gasteiger partial charge in [0, 0.05) is 19.1 Å². The molecule has 2 N–H and O–H groups in total. The quantitative estimate of drug-likeness (QED) is 0.797. The van der Waals surface area contributed by atoms with Gasteiger partial charge in [-0.1, -0.05) is 23.8 Å². The molecule has 16 heavy (non-hydrogen) atoms. The number of nitrogens with one attached hydrogen (secondary N) is 1. The number of aryl methyl sites for hydroxylation is 2. The first kappa shape index (κ1) is 11.6. The summed E-state index contributed by atoms with van der Waals surface area (Å²) < 4.78 is 0. The second kappa shape index (κ2) is 4.98. The third-order valence-corrected chi connectivity index (χ3v) is 3.68. The predicted molar refractivity (Wildman–Crippen MR) is 66.7 cm³/mol. The molecular weight excluding hydrogens is 198 g/mol. The maximum absolute atomic E-state index is 9.44. The largest absolute Gasteiger partial charge is 0.396 e. The van der Waals surface area contributed by atoms with Gasteiger partial charge in [-0.05, 0) is 43.9 Å². The predicted octanol–water partition coefficient (Wildman–Crippen LogP) is 1.99. The van der Waals surface area contributed by atoms with Crippen molar-refractivity contribution >= 4 is 0 Å². The molecule has 0 bridgehead atoms. The molecule has 0 radical (unpaired) electrons. The van der Waals surface area contributed by atoms with Gasteiger partial charge in [-0.25, -0.2) is 0 Å². The summed E-state index contributed by atoms with van der Waals surface area (Å²) in [5.41, 5.74) is 4.06. The molecule has 2 rings (SSSR count). The third kappa shape index (κ3) is 2.28. The Kier molecular flexibility index (Phi) is 3.62. The molecule has 1 fully saturated rings. The van der Waals surface area contributed by atoms with Crippen LogP contribution in [0.1, 0.15) is 29.0 Å². The lowest BCUT2D eigenvalue weighted by molar-refractivity contribution is 0.176. The van der Waals surface area contributed by atoms with Crippen LogP contribution in [0.4, 0.5) is 0 Å². The molecular formula is C14H21NO. The van der Waals surface area contributed by atoms with Crippen LogP contribution in [0.15, 0.2) is 18.2 Å². The summed E-state index contributed by atoms with van der Waals surface area (Å²) in [5, 5.41) is 12.9. The van der Waals surface area contributed by atoms with Crippen molar-refractivity contribution < 1.29 is 5.11 Å². The lowest BCUT2D eigenvalue weighted by Gasteiger charge is -2.32. The molecule has 2 unspecified atom stereocenters. The van der Waals surface area contributed by atoms with Crippen molar-refractivity contribution in [3.8, 4) is 0 Å². The van der Waals surface area contributed by atoms with E-state index in [0.29, 0.717) is 18.4 Å². The summed E-state index contributed by atoms with van der Waals surface area (Å²) in [6.07, 6.45) is 1.08. The summed E-state index contributed by atoms with van der Waals surface area (Å²) in [4.78, 5) is 0. The Hall–Kier alpha value is -0.860. The smallest absolute Gasteiger partial charge is 0.0466 e. The minimum atomic E-state index is 0.305. The van der Waals surface area contributed by atoms with Gasteiger partial charge >= 0.3 is 0 Å².